The Bertz CT molecular complexity index is 435. The molecule has 1 aliphatic rings. The van der Waals surface area contributed by atoms with E-state index in [0.717, 1.165) is 11.3 Å². The predicted octanol–water partition coefficient (Wildman–Crippen LogP) is 3.76. The summed E-state index contributed by atoms with van der Waals surface area (Å²) >= 11 is 1.71. The van der Waals surface area contributed by atoms with Crippen LogP contribution in [0.15, 0.2) is 18.2 Å². The van der Waals surface area contributed by atoms with E-state index < -0.39 is 0 Å². The van der Waals surface area contributed by atoms with Gasteiger partial charge in [0, 0.05) is 21.9 Å². The number of rotatable bonds is 3. The fourth-order valence-corrected chi connectivity index (χ4v) is 3.24. The van der Waals surface area contributed by atoms with Crippen LogP contribution in [0.2, 0.25) is 0 Å². The van der Waals surface area contributed by atoms with E-state index in [-0.39, 0.29) is 5.91 Å². The molecule has 2 nitrogen and oxygen atoms in total. The molecule has 0 bridgehead atoms. The maximum absolute atomic E-state index is 11.8. The molecular weight excluding hydrogens is 242 g/mol. The van der Waals surface area contributed by atoms with Crippen LogP contribution in [0.25, 0.3) is 6.08 Å². The number of hydrogen-bond donors (Lipinski definition) is 1. The van der Waals surface area contributed by atoms with Gasteiger partial charge in [0.15, 0.2) is 0 Å². The van der Waals surface area contributed by atoms with Gasteiger partial charge < -0.3 is 5.32 Å². The fraction of sp³-hybridized carbons (Fsp3) is 0.533. The molecule has 1 fully saturated rings. The van der Waals surface area contributed by atoms with Crippen molar-refractivity contribution in [1.82, 2.24) is 5.32 Å². The van der Waals surface area contributed by atoms with Gasteiger partial charge >= 0.3 is 0 Å². The summed E-state index contributed by atoms with van der Waals surface area (Å²) in [6.45, 7) is 4.31. The molecule has 1 aromatic rings. The van der Waals surface area contributed by atoms with Crippen molar-refractivity contribution in [2.24, 2.45) is 5.92 Å². The van der Waals surface area contributed by atoms with Crippen molar-refractivity contribution >= 4 is 23.3 Å². The van der Waals surface area contributed by atoms with Gasteiger partial charge in [0.25, 0.3) is 0 Å². The molecule has 1 saturated carbocycles. The molecule has 2 rings (SSSR count). The van der Waals surface area contributed by atoms with E-state index in [4.69, 9.17) is 0 Å². The van der Waals surface area contributed by atoms with Crippen LogP contribution in [0, 0.1) is 12.8 Å². The van der Waals surface area contributed by atoms with Gasteiger partial charge in [-0.3, -0.25) is 4.79 Å². The van der Waals surface area contributed by atoms with Gasteiger partial charge in [0.05, 0.1) is 0 Å². The molecule has 0 aromatic carbocycles. The summed E-state index contributed by atoms with van der Waals surface area (Å²) in [6.07, 6.45) is 8.46. The van der Waals surface area contributed by atoms with Crippen LogP contribution in [-0.4, -0.2) is 11.9 Å². The lowest BCUT2D eigenvalue weighted by Gasteiger charge is -2.29. The van der Waals surface area contributed by atoms with E-state index >= 15 is 0 Å². The third-order valence-corrected chi connectivity index (χ3v) is 4.57. The zero-order valence-electron chi connectivity index (χ0n) is 11.1. The Kier molecular flexibility index (Phi) is 4.59. The normalized spacial score (nSPS) is 24.3. The summed E-state index contributed by atoms with van der Waals surface area (Å²) in [4.78, 5) is 14.3. The van der Waals surface area contributed by atoms with Crippen LogP contribution >= 0.6 is 11.3 Å². The number of thiophene rings is 1. The second kappa shape index (κ2) is 6.19. The lowest BCUT2D eigenvalue weighted by atomic mass is 9.86. The monoisotopic (exact) mass is 263 g/mol. The molecule has 0 saturated heterocycles. The number of carbonyl (C=O) groups is 1. The Morgan fingerprint density at radius 1 is 1.39 bits per heavy atom. The average molecular weight is 263 g/mol. The summed E-state index contributed by atoms with van der Waals surface area (Å²) in [7, 11) is 0. The minimum atomic E-state index is 0.0415. The van der Waals surface area contributed by atoms with Gasteiger partial charge in [0.2, 0.25) is 5.91 Å². The summed E-state index contributed by atoms with van der Waals surface area (Å²) < 4.78 is 0. The van der Waals surface area contributed by atoms with Crippen molar-refractivity contribution < 1.29 is 4.79 Å². The highest BCUT2D eigenvalue weighted by molar-refractivity contribution is 7.12. The van der Waals surface area contributed by atoms with Crippen molar-refractivity contribution in [3.63, 3.8) is 0 Å². The minimum absolute atomic E-state index is 0.0415. The second-order valence-corrected chi connectivity index (χ2v) is 6.48. The number of hydrogen-bond acceptors (Lipinski definition) is 2. The summed E-state index contributed by atoms with van der Waals surface area (Å²) in [5.74, 6) is 0.653. The smallest absolute Gasteiger partial charge is 0.244 e. The topological polar surface area (TPSA) is 29.1 Å². The number of carbonyl (C=O) groups excluding carboxylic acids is 1. The van der Waals surface area contributed by atoms with Gasteiger partial charge in [-0.05, 0) is 43.9 Å². The van der Waals surface area contributed by atoms with Gasteiger partial charge in [-0.2, -0.15) is 0 Å². The summed E-state index contributed by atoms with van der Waals surface area (Å²) in [6, 6.07) is 4.49. The zero-order chi connectivity index (χ0) is 13.0. The second-order valence-electron chi connectivity index (χ2n) is 5.16. The van der Waals surface area contributed by atoms with Crippen LogP contribution in [-0.2, 0) is 4.79 Å². The molecule has 18 heavy (non-hydrogen) atoms. The van der Waals surface area contributed by atoms with Crippen LogP contribution in [0.5, 0.6) is 0 Å². The van der Waals surface area contributed by atoms with Crippen LogP contribution < -0.4 is 5.32 Å². The molecule has 1 aliphatic carbocycles. The Morgan fingerprint density at radius 2 is 2.17 bits per heavy atom. The van der Waals surface area contributed by atoms with Crippen molar-refractivity contribution in [1.29, 1.82) is 0 Å². The molecule has 0 radical (unpaired) electrons. The standard InChI is InChI=1S/C15H21NOS/c1-11-5-3-4-6-14(11)16-15(17)10-9-13-8-7-12(2)18-13/h7-11,14H,3-6H2,1-2H3,(H,16,17)/b10-9+/t11-,14-/m1/s1. The van der Waals surface area contributed by atoms with E-state index in [9.17, 15) is 4.79 Å². The molecule has 0 aliphatic heterocycles. The van der Waals surface area contributed by atoms with Gasteiger partial charge in [-0.25, -0.2) is 0 Å². The van der Waals surface area contributed by atoms with Crippen LogP contribution in [0.1, 0.15) is 42.4 Å². The van der Waals surface area contributed by atoms with Crippen LogP contribution in [0.3, 0.4) is 0 Å². The summed E-state index contributed by atoms with van der Waals surface area (Å²) in [5.41, 5.74) is 0. The van der Waals surface area contributed by atoms with Gasteiger partial charge in [-0.15, -0.1) is 11.3 Å². The first-order valence-electron chi connectivity index (χ1n) is 6.70. The highest BCUT2D eigenvalue weighted by Gasteiger charge is 2.21. The minimum Gasteiger partial charge on any atom is -0.350 e. The number of nitrogens with one attached hydrogen (secondary N) is 1. The largest absolute Gasteiger partial charge is 0.350 e. The molecule has 1 heterocycles. The third kappa shape index (κ3) is 3.70. The van der Waals surface area contributed by atoms with Crippen molar-refractivity contribution in [2.75, 3.05) is 0 Å². The molecule has 0 spiro atoms. The molecule has 98 valence electrons. The first-order valence-corrected chi connectivity index (χ1v) is 7.52. The number of aryl methyl sites for hydroxylation is 1. The van der Waals surface area contributed by atoms with Crippen molar-refractivity contribution in [3.05, 3.63) is 28.0 Å². The summed E-state index contributed by atoms with van der Waals surface area (Å²) in [5, 5.41) is 3.12. The quantitative estimate of drug-likeness (QED) is 0.826. The first-order chi connectivity index (χ1) is 8.65. The van der Waals surface area contributed by atoms with E-state index in [1.807, 2.05) is 12.1 Å². The molecule has 2 atom stereocenters. The van der Waals surface area contributed by atoms with Gasteiger partial charge in [0.1, 0.15) is 0 Å². The fourth-order valence-electron chi connectivity index (χ4n) is 2.46. The highest BCUT2D eigenvalue weighted by Crippen LogP contribution is 2.23. The predicted molar refractivity (Wildman–Crippen MR) is 77.7 cm³/mol. The maximum atomic E-state index is 11.8. The van der Waals surface area contributed by atoms with Gasteiger partial charge in [-0.1, -0.05) is 19.8 Å². The van der Waals surface area contributed by atoms with E-state index in [0.29, 0.717) is 12.0 Å². The SMILES string of the molecule is Cc1ccc(/C=C/C(=O)N[C@@H]2CCCC[C@H]2C)s1. The first kappa shape index (κ1) is 13.3. The maximum Gasteiger partial charge on any atom is 0.244 e. The highest BCUT2D eigenvalue weighted by atomic mass is 32.1. The van der Waals surface area contributed by atoms with Crippen molar-refractivity contribution in [3.8, 4) is 0 Å². The van der Waals surface area contributed by atoms with E-state index in [1.54, 1.807) is 17.4 Å². The molecular formula is C15H21NOS. The number of amides is 1. The van der Waals surface area contributed by atoms with Crippen molar-refractivity contribution in [2.45, 2.75) is 45.6 Å². The van der Waals surface area contributed by atoms with Crippen LogP contribution in [0.4, 0.5) is 0 Å². The zero-order valence-corrected chi connectivity index (χ0v) is 11.9. The Morgan fingerprint density at radius 3 is 2.83 bits per heavy atom. The molecule has 3 heteroatoms. The third-order valence-electron chi connectivity index (χ3n) is 3.60. The lowest BCUT2D eigenvalue weighted by molar-refractivity contribution is -0.117. The Labute approximate surface area is 113 Å². The molecule has 1 amide bonds. The molecule has 0 unspecified atom stereocenters. The van der Waals surface area contributed by atoms with E-state index in [2.05, 4.69) is 25.2 Å². The average Bonchev–Trinajstić information content (AvgIpc) is 2.76. The molecule has 1 N–H and O–H groups in total. The molecule has 1 aromatic heterocycles. The Hall–Kier alpha value is -1.09. The van der Waals surface area contributed by atoms with E-state index in [1.165, 1.54) is 24.1 Å². The lowest BCUT2D eigenvalue weighted by Crippen LogP contribution is -2.40. The Balaban J connectivity index is 1.86.